The van der Waals surface area contributed by atoms with Crippen molar-refractivity contribution in [1.29, 1.82) is 0 Å². The van der Waals surface area contributed by atoms with E-state index in [1.54, 1.807) is 42.3 Å². The summed E-state index contributed by atoms with van der Waals surface area (Å²) in [6, 6.07) is 6.98. The van der Waals surface area contributed by atoms with Crippen molar-refractivity contribution in [1.82, 2.24) is 24.6 Å². The van der Waals surface area contributed by atoms with Crippen molar-refractivity contribution >= 4 is 16.9 Å². The van der Waals surface area contributed by atoms with E-state index in [-0.39, 0.29) is 23.6 Å². The van der Waals surface area contributed by atoms with Crippen LogP contribution in [0.4, 0.5) is 13.2 Å². The van der Waals surface area contributed by atoms with Gasteiger partial charge < -0.3 is 4.90 Å². The molecule has 0 radical (unpaired) electrons. The Kier molecular flexibility index (Phi) is 4.68. The third kappa shape index (κ3) is 3.10. The molecule has 1 fully saturated rings. The fourth-order valence-corrected chi connectivity index (χ4v) is 5.45. The van der Waals surface area contributed by atoms with Crippen LogP contribution in [0.3, 0.4) is 0 Å². The maximum atomic E-state index is 14.0. The van der Waals surface area contributed by atoms with Gasteiger partial charge in [-0.1, -0.05) is 0 Å². The largest absolute Gasteiger partial charge is 0.327 e. The summed E-state index contributed by atoms with van der Waals surface area (Å²) in [5.41, 5.74) is 4.28. The maximum Gasteiger partial charge on any atom is 0.254 e. The number of benzene rings is 2. The minimum atomic E-state index is -1.49. The third-order valence-corrected chi connectivity index (χ3v) is 6.88. The van der Waals surface area contributed by atoms with Crippen LogP contribution in [-0.4, -0.2) is 36.6 Å². The lowest BCUT2D eigenvalue weighted by atomic mass is 9.81. The summed E-state index contributed by atoms with van der Waals surface area (Å²) in [7, 11) is 1.70. The number of carbonyl (C=O) groups excluding carboxylic acids is 1. The molecular formula is C25H20F3N5O. The number of aryl methyl sites for hydroxylation is 1. The normalized spacial score (nSPS) is 19.4. The van der Waals surface area contributed by atoms with Gasteiger partial charge in [-0.2, -0.15) is 5.10 Å². The number of nitrogens with zero attached hydrogens (tertiary/aromatic N) is 5. The van der Waals surface area contributed by atoms with Crippen LogP contribution >= 0.6 is 0 Å². The van der Waals surface area contributed by atoms with Gasteiger partial charge in [-0.3, -0.25) is 19.4 Å². The van der Waals surface area contributed by atoms with E-state index in [1.165, 1.54) is 0 Å². The van der Waals surface area contributed by atoms with E-state index in [9.17, 15) is 18.0 Å². The first-order valence-corrected chi connectivity index (χ1v) is 11.2. The van der Waals surface area contributed by atoms with Gasteiger partial charge >= 0.3 is 0 Å². The van der Waals surface area contributed by atoms with Gasteiger partial charge in [0.1, 0.15) is 0 Å². The summed E-state index contributed by atoms with van der Waals surface area (Å²) < 4.78 is 43.1. The Labute approximate surface area is 193 Å². The number of amides is 1. The molecule has 1 amide bonds. The standard InChI is InChI=1S/C25H20F3N5O/c1-32-24(14-9-17(26)22(28)18(27)10-14)16-12-15-3-2-4-21(23(16)31-32)33(15)25(34)13-5-6-19-20(11-13)30-8-7-29-19/h5-11,15,21H,2-4,12H2,1H3. The topological polar surface area (TPSA) is 63.9 Å². The first-order valence-electron chi connectivity index (χ1n) is 11.2. The smallest absolute Gasteiger partial charge is 0.254 e. The highest BCUT2D eigenvalue weighted by Gasteiger charge is 2.43. The van der Waals surface area contributed by atoms with Crippen molar-refractivity contribution in [3.63, 3.8) is 0 Å². The number of piperidine rings is 1. The summed E-state index contributed by atoms with van der Waals surface area (Å²) in [5, 5.41) is 4.67. The lowest BCUT2D eigenvalue weighted by Gasteiger charge is -2.45. The molecule has 0 aliphatic carbocycles. The quantitative estimate of drug-likeness (QED) is 0.403. The summed E-state index contributed by atoms with van der Waals surface area (Å²) in [4.78, 5) is 24.1. The van der Waals surface area contributed by atoms with Crippen molar-refractivity contribution < 1.29 is 18.0 Å². The first kappa shape index (κ1) is 20.8. The Bertz CT molecular complexity index is 1440. The zero-order chi connectivity index (χ0) is 23.6. The SMILES string of the molecule is Cn1nc2c(c1-c1cc(F)c(F)c(F)c1)CC1CCCC2N1C(=O)c1ccc2nccnc2c1. The maximum absolute atomic E-state index is 14.0. The fourth-order valence-electron chi connectivity index (χ4n) is 5.45. The average molecular weight is 463 g/mol. The van der Waals surface area contributed by atoms with Gasteiger partial charge in [0.05, 0.1) is 28.5 Å². The van der Waals surface area contributed by atoms with Gasteiger partial charge in [0.15, 0.2) is 17.5 Å². The predicted octanol–water partition coefficient (Wildman–Crippen LogP) is 4.74. The van der Waals surface area contributed by atoms with Gasteiger partial charge in [-0.25, -0.2) is 13.2 Å². The molecule has 34 heavy (non-hydrogen) atoms. The van der Waals surface area contributed by atoms with Crippen LogP contribution in [0.2, 0.25) is 0 Å². The predicted molar refractivity (Wildman–Crippen MR) is 118 cm³/mol. The monoisotopic (exact) mass is 463 g/mol. The van der Waals surface area contributed by atoms with E-state index < -0.39 is 17.5 Å². The van der Waals surface area contributed by atoms with E-state index in [1.807, 2.05) is 4.90 Å². The number of carbonyl (C=O) groups is 1. The number of hydrogen-bond donors (Lipinski definition) is 0. The zero-order valence-electron chi connectivity index (χ0n) is 18.3. The van der Waals surface area contributed by atoms with Crippen molar-refractivity contribution in [2.75, 3.05) is 0 Å². The van der Waals surface area contributed by atoms with Crippen LogP contribution in [-0.2, 0) is 13.5 Å². The van der Waals surface area contributed by atoms with Gasteiger partial charge in [0.2, 0.25) is 0 Å². The summed E-state index contributed by atoms with van der Waals surface area (Å²) in [6.07, 6.45) is 6.22. The van der Waals surface area contributed by atoms with E-state index in [4.69, 9.17) is 0 Å². The van der Waals surface area contributed by atoms with Crippen LogP contribution in [0.15, 0.2) is 42.7 Å². The molecule has 4 aromatic rings. The highest BCUT2D eigenvalue weighted by Crippen LogP contribution is 2.45. The fraction of sp³-hybridized carbons (Fsp3) is 0.280. The first-order chi connectivity index (χ1) is 16.4. The second-order valence-electron chi connectivity index (χ2n) is 8.87. The van der Waals surface area contributed by atoms with Crippen molar-refractivity contribution in [2.45, 2.75) is 37.8 Å². The van der Waals surface area contributed by atoms with Gasteiger partial charge in [-0.15, -0.1) is 0 Å². The molecule has 2 atom stereocenters. The van der Waals surface area contributed by atoms with Crippen molar-refractivity contribution in [2.24, 2.45) is 7.05 Å². The van der Waals surface area contributed by atoms with E-state index >= 15 is 0 Å². The van der Waals surface area contributed by atoms with Crippen LogP contribution in [0.25, 0.3) is 22.3 Å². The zero-order valence-corrected chi connectivity index (χ0v) is 18.3. The molecule has 2 unspecified atom stereocenters. The number of aromatic nitrogens is 4. The van der Waals surface area contributed by atoms with Crippen LogP contribution in [0.5, 0.6) is 0 Å². The molecule has 0 spiro atoms. The third-order valence-electron chi connectivity index (χ3n) is 6.88. The van der Waals surface area contributed by atoms with Gasteiger partial charge in [0.25, 0.3) is 5.91 Å². The molecule has 1 saturated heterocycles. The molecule has 2 aliphatic rings. The Morgan fingerprint density at radius 2 is 1.74 bits per heavy atom. The molecule has 4 heterocycles. The van der Waals surface area contributed by atoms with Crippen LogP contribution in [0.1, 0.15) is 46.9 Å². The summed E-state index contributed by atoms with van der Waals surface area (Å²) in [6.45, 7) is 0. The number of halogens is 3. The molecular weight excluding hydrogens is 443 g/mol. The molecule has 2 aromatic heterocycles. The minimum Gasteiger partial charge on any atom is -0.327 e. The van der Waals surface area contributed by atoms with E-state index in [2.05, 4.69) is 15.1 Å². The summed E-state index contributed by atoms with van der Waals surface area (Å²) in [5.74, 6) is -4.07. The highest BCUT2D eigenvalue weighted by molar-refractivity contribution is 5.98. The van der Waals surface area contributed by atoms with Crippen molar-refractivity contribution in [3.05, 3.63) is 77.0 Å². The molecule has 2 aliphatic heterocycles. The Hall–Kier alpha value is -3.75. The molecule has 2 aromatic carbocycles. The highest BCUT2D eigenvalue weighted by atomic mass is 19.2. The molecule has 0 saturated carbocycles. The molecule has 0 N–H and O–H groups in total. The van der Waals surface area contributed by atoms with Crippen molar-refractivity contribution in [3.8, 4) is 11.3 Å². The van der Waals surface area contributed by atoms with Gasteiger partial charge in [-0.05, 0) is 56.0 Å². The molecule has 6 nitrogen and oxygen atoms in total. The average Bonchev–Trinajstić information content (AvgIpc) is 3.16. The second kappa shape index (κ2) is 7.65. The lowest BCUT2D eigenvalue weighted by molar-refractivity contribution is 0.0392. The Morgan fingerprint density at radius 1 is 1.00 bits per heavy atom. The number of hydrogen-bond acceptors (Lipinski definition) is 4. The lowest BCUT2D eigenvalue weighted by Crippen LogP contribution is -2.49. The molecule has 9 heteroatoms. The molecule has 6 rings (SSSR count). The van der Waals surface area contributed by atoms with E-state index in [0.717, 1.165) is 42.7 Å². The number of fused-ring (bicyclic) bond motifs is 5. The van der Waals surface area contributed by atoms with Gasteiger partial charge in [0, 0.05) is 42.2 Å². The van der Waals surface area contributed by atoms with E-state index in [0.29, 0.717) is 28.7 Å². The molecule has 172 valence electrons. The summed E-state index contributed by atoms with van der Waals surface area (Å²) >= 11 is 0. The van der Waals surface area contributed by atoms with Crippen LogP contribution < -0.4 is 0 Å². The Balaban J connectivity index is 1.42. The van der Waals surface area contributed by atoms with Crippen LogP contribution in [0, 0.1) is 17.5 Å². The Morgan fingerprint density at radius 3 is 2.50 bits per heavy atom. The minimum absolute atomic E-state index is 0.0746. The second-order valence-corrected chi connectivity index (χ2v) is 8.87. The molecule has 2 bridgehead atoms. The number of rotatable bonds is 2.